The quantitative estimate of drug-likeness (QED) is 0.156. The van der Waals surface area contributed by atoms with Crippen molar-refractivity contribution in [3.63, 3.8) is 0 Å². The number of non-ortho nitro benzene ring substituents is 1. The SMILES string of the molecule is CCCCN(CCO)C(=O)c1cc2ccccc2c(N)c1O.Nc1cc([N+](=O)[O-])ccc1O. The standard InChI is InChI=1S/C17H22N2O3.C6H6N2O3/c1-2-3-8-19(9-10-20)17(22)14-11-12-6-4-5-7-13(12)15(18)16(14)21;7-5-3-4(8(10)11)1-2-6(5)9/h4-7,11,20-21H,2-3,8-10,18H2,1H3;1-3,9H,7H2. The van der Waals surface area contributed by atoms with Gasteiger partial charge in [0.15, 0.2) is 5.75 Å². The molecule has 176 valence electrons. The molecule has 0 fully saturated rings. The zero-order valence-electron chi connectivity index (χ0n) is 18.3. The van der Waals surface area contributed by atoms with Gasteiger partial charge in [0.1, 0.15) is 5.75 Å². The van der Waals surface area contributed by atoms with Crippen molar-refractivity contribution in [2.45, 2.75) is 19.8 Å². The molecule has 1 amide bonds. The minimum Gasteiger partial charge on any atom is -0.506 e. The average molecular weight is 456 g/mol. The van der Waals surface area contributed by atoms with E-state index >= 15 is 0 Å². The molecule has 0 aliphatic carbocycles. The molecule has 3 rings (SSSR count). The lowest BCUT2D eigenvalue weighted by molar-refractivity contribution is -0.384. The lowest BCUT2D eigenvalue weighted by Crippen LogP contribution is -2.34. The van der Waals surface area contributed by atoms with Crippen molar-refractivity contribution in [2.24, 2.45) is 0 Å². The number of aliphatic hydroxyl groups excluding tert-OH is 1. The molecule has 10 heteroatoms. The van der Waals surface area contributed by atoms with Crippen molar-refractivity contribution in [3.05, 3.63) is 64.2 Å². The Bertz CT molecular complexity index is 1140. The molecule has 0 heterocycles. The van der Waals surface area contributed by atoms with Gasteiger partial charge < -0.3 is 31.7 Å². The number of rotatable bonds is 7. The highest BCUT2D eigenvalue weighted by Gasteiger charge is 2.21. The second-order valence-corrected chi connectivity index (χ2v) is 7.28. The second-order valence-electron chi connectivity index (χ2n) is 7.28. The van der Waals surface area contributed by atoms with Crippen LogP contribution in [-0.2, 0) is 0 Å². The summed E-state index contributed by atoms with van der Waals surface area (Å²) in [4.78, 5) is 23.8. The molecule has 0 spiro atoms. The second kappa shape index (κ2) is 11.5. The van der Waals surface area contributed by atoms with E-state index in [0.29, 0.717) is 6.54 Å². The fourth-order valence-electron chi connectivity index (χ4n) is 3.14. The molecule has 33 heavy (non-hydrogen) atoms. The molecule has 0 aromatic heterocycles. The van der Waals surface area contributed by atoms with E-state index in [-0.39, 0.29) is 53.2 Å². The fraction of sp³-hybridized carbons (Fsp3) is 0.261. The van der Waals surface area contributed by atoms with Crippen molar-refractivity contribution in [3.8, 4) is 11.5 Å². The summed E-state index contributed by atoms with van der Waals surface area (Å²) in [6, 6.07) is 12.5. The number of anilines is 2. The smallest absolute Gasteiger partial charge is 0.271 e. The van der Waals surface area contributed by atoms with Crippen molar-refractivity contribution < 1.29 is 25.0 Å². The number of aliphatic hydroxyl groups is 1. The van der Waals surface area contributed by atoms with E-state index in [1.165, 1.54) is 12.1 Å². The summed E-state index contributed by atoms with van der Waals surface area (Å²) >= 11 is 0. The Kier molecular flexibility index (Phi) is 8.81. The van der Waals surface area contributed by atoms with E-state index in [0.717, 1.165) is 29.7 Å². The number of phenols is 2. The molecule has 3 aromatic rings. The Morgan fingerprint density at radius 3 is 2.39 bits per heavy atom. The molecule has 0 aliphatic heterocycles. The van der Waals surface area contributed by atoms with Gasteiger partial charge in [-0.3, -0.25) is 14.9 Å². The van der Waals surface area contributed by atoms with Gasteiger partial charge >= 0.3 is 0 Å². The van der Waals surface area contributed by atoms with E-state index in [1.807, 2.05) is 25.1 Å². The summed E-state index contributed by atoms with van der Waals surface area (Å²) in [6.07, 6.45) is 1.79. The Labute approximate surface area is 190 Å². The summed E-state index contributed by atoms with van der Waals surface area (Å²) in [6.45, 7) is 2.71. The number of nitro groups is 1. The highest BCUT2D eigenvalue weighted by Crippen LogP contribution is 2.34. The van der Waals surface area contributed by atoms with E-state index < -0.39 is 4.92 Å². The summed E-state index contributed by atoms with van der Waals surface area (Å²) in [5, 5.41) is 40.0. The zero-order chi connectivity index (χ0) is 24.5. The molecule has 7 N–H and O–H groups in total. The highest BCUT2D eigenvalue weighted by molar-refractivity contribution is 6.06. The summed E-state index contributed by atoms with van der Waals surface area (Å²) in [5.74, 6) is -0.642. The molecule has 0 radical (unpaired) electrons. The van der Waals surface area contributed by atoms with Gasteiger partial charge in [-0.05, 0) is 23.9 Å². The van der Waals surface area contributed by atoms with E-state index in [9.17, 15) is 20.0 Å². The number of carbonyl (C=O) groups excluding carboxylic acids is 1. The van der Waals surface area contributed by atoms with Crippen LogP contribution < -0.4 is 11.5 Å². The number of carbonyl (C=O) groups is 1. The normalized spacial score (nSPS) is 10.4. The van der Waals surface area contributed by atoms with Crippen LogP contribution in [0.4, 0.5) is 17.1 Å². The first-order valence-electron chi connectivity index (χ1n) is 10.3. The van der Waals surface area contributed by atoms with Gasteiger partial charge in [0.25, 0.3) is 11.6 Å². The van der Waals surface area contributed by atoms with E-state index in [1.54, 1.807) is 17.0 Å². The largest absolute Gasteiger partial charge is 0.506 e. The van der Waals surface area contributed by atoms with Gasteiger partial charge in [-0.2, -0.15) is 0 Å². The van der Waals surface area contributed by atoms with Crippen LogP contribution in [0, 0.1) is 10.1 Å². The number of phenolic OH excluding ortho intramolecular Hbond substituents is 2. The Balaban J connectivity index is 0.000000294. The maximum Gasteiger partial charge on any atom is 0.271 e. The average Bonchev–Trinajstić information content (AvgIpc) is 2.80. The Morgan fingerprint density at radius 1 is 1.09 bits per heavy atom. The Morgan fingerprint density at radius 2 is 1.79 bits per heavy atom. The number of hydrogen-bond acceptors (Lipinski definition) is 8. The lowest BCUT2D eigenvalue weighted by Gasteiger charge is -2.22. The summed E-state index contributed by atoms with van der Waals surface area (Å²) in [5.41, 5.74) is 11.4. The fourth-order valence-corrected chi connectivity index (χ4v) is 3.14. The minimum absolute atomic E-state index is 0.0131. The number of nitro benzene ring substituents is 1. The monoisotopic (exact) mass is 456 g/mol. The Hall–Kier alpha value is -4.05. The molecule has 0 bridgehead atoms. The maximum atomic E-state index is 12.7. The number of amides is 1. The molecular formula is C23H28N4O6. The van der Waals surface area contributed by atoms with Crippen molar-refractivity contribution in [2.75, 3.05) is 31.2 Å². The highest BCUT2D eigenvalue weighted by atomic mass is 16.6. The predicted molar refractivity (Wildman–Crippen MR) is 127 cm³/mol. The summed E-state index contributed by atoms with van der Waals surface area (Å²) < 4.78 is 0. The molecule has 0 saturated heterocycles. The van der Waals surface area contributed by atoms with Crippen molar-refractivity contribution in [1.29, 1.82) is 0 Å². The number of benzene rings is 3. The number of hydrogen-bond donors (Lipinski definition) is 5. The number of nitrogens with zero attached hydrogens (tertiary/aromatic N) is 2. The third-order valence-electron chi connectivity index (χ3n) is 4.95. The van der Waals surface area contributed by atoms with Crippen molar-refractivity contribution >= 4 is 33.7 Å². The number of nitrogen functional groups attached to an aromatic ring is 2. The third kappa shape index (κ3) is 6.23. The molecule has 10 nitrogen and oxygen atoms in total. The molecule has 0 atom stereocenters. The summed E-state index contributed by atoms with van der Waals surface area (Å²) in [7, 11) is 0. The first kappa shape index (κ1) is 25.2. The predicted octanol–water partition coefficient (Wildman–Crippen LogP) is 3.24. The molecule has 3 aromatic carbocycles. The van der Waals surface area contributed by atoms with E-state index in [2.05, 4.69) is 0 Å². The maximum absolute atomic E-state index is 12.7. The molecule has 0 saturated carbocycles. The molecular weight excluding hydrogens is 428 g/mol. The number of fused-ring (bicyclic) bond motifs is 1. The van der Waals surface area contributed by atoms with Gasteiger partial charge in [0, 0.05) is 30.6 Å². The zero-order valence-corrected chi connectivity index (χ0v) is 18.3. The number of aromatic hydroxyl groups is 2. The van der Waals surface area contributed by atoms with Gasteiger partial charge in [-0.1, -0.05) is 37.6 Å². The van der Waals surface area contributed by atoms with Crippen LogP contribution in [0.15, 0.2) is 48.5 Å². The first-order chi connectivity index (χ1) is 15.7. The van der Waals surface area contributed by atoms with Crippen LogP contribution in [0.25, 0.3) is 10.8 Å². The van der Waals surface area contributed by atoms with Crippen LogP contribution in [0.1, 0.15) is 30.1 Å². The minimum atomic E-state index is -0.574. The van der Waals surface area contributed by atoms with E-state index in [4.69, 9.17) is 21.7 Å². The first-order valence-corrected chi connectivity index (χ1v) is 10.3. The molecule has 0 unspecified atom stereocenters. The van der Waals surface area contributed by atoms with Crippen LogP contribution in [0.2, 0.25) is 0 Å². The molecule has 0 aliphatic rings. The number of unbranched alkanes of at least 4 members (excludes halogenated alkanes) is 1. The van der Waals surface area contributed by atoms with Crippen LogP contribution in [0.3, 0.4) is 0 Å². The van der Waals surface area contributed by atoms with Crippen LogP contribution >= 0.6 is 0 Å². The van der Waals surface area contributed by atoms with Gasteiger partial charge in [-0.25, -0.2) is 0 Å². The van der Waals surface area contributed by atoms with Gasteiger partial charge in [0.05, 0.1) is 28.5 Å². The number of nitrogens with two attached hydrogens (primary N) is 2. The topological polar surface area (TPSA) is 176 Å². The third-order valence-corrected chi connectivity index (χ3v) is 4.95. The van der Waals surface area contributed by atoms with Crippen molar-refractivity contribution in [1.82, 2.24) is 4.90 Å². The lowest BCUT2D eigenvalue weighted by atomic mass is 10.0. The van der Waals surface area contributed by atoms with Gasteiger partial charge in [0.2, 0.25) is 0 Å². The van der Waals surface area contributed by atoms with Crippen LogP contribution in [0.5, 0.6) is 11.5 Å². The van der Waals surface area contributed by atoms with Gasteiger partial charge in [-0.15, -0.1) is 0 Å². The van der Waals surface area contributed by atoms with Crippen LogP contribution in [-0.4, -0.2) is 50.7 Å².